The number of thiol groups is 1. The van der Waals surface area contributed by atoms with Gasteiger partial charge in [0.05, 0.1) is 0 Å². The Bertz CT molecular complexity index is 838. The summed E-state index contributed by atoms with van der Waals surface area (Å²) < 4.78 is 5.35. The quantitative estimate of drug-likeness (QED) is 0.308. The van der Waals surface area contributed by atoms with Gasteiger partial charge in [-0.1, -0.05) is 44.0 Å². The van der Waals surface area contributed by atoms with Crippen LogP contribution in [-0.2, 0) is 14.3 Å². The molecule has 8 heteroatoms. The van der Waals surface area contributed by atoms with Crippen LogP contribution < -0.4 is 10.6 Å². The molecule has 1 aromatic rings. The van der Waals surface area contributed by atoms with Gasteiger partial charge in [0.1, 0.15) is 17.7 Å². The number of ether oxygens (including phenoxy) is 1. The Kier molecular flexibility index (Phi) is 11.9. The van der Waals surface area contributed by atoms with Crippen LogP contribution in [-0.4, -0.2) is 52.8 Å². The third-order valence-corrected chi connectivity index (χ3v) is 5.94. The largest absolute Gasteiger partial charge is 0.444 e. The van der Waals surface area contributed by atoms with Gasteiger partial charge >= 0.3 is 6.09 Å². The molecule has 2 N–H and O–H groups in total. The Morgan fingerprint density at radius 3 is 2.32 bits per heavy atom. The van der Waals surface area contributed by atoms with Crippen molar-refractivity contribution < 1.29 is 19.1 Å². The highest BCUT2D eigenvalue weighted by Crippen LogP contribution is 2.29. The number of nitrogens with one attached hydrogen (secondary N) is 2. The Morgan fingerprint density at radius 1 is 1.15 bits per heavy atom. The highest BCUT2D eigenvalue weighted by atomic mass is 32.1. The van der Waals surface area contributed by atoms with Crippen molar-refractivity contribution >= 4 is 30.5 Å². The molecule has 34 heavy (non-hydrogen) atoms. The molecule has 192 valence electrons. The summed E-state index contributed by atoms with van der Waals surface area (Å²) in [6, 6.07) is 3.88. The Morgan fingerprint density at radius 2 is 1.79 bits per heavy atom. The molecule has 7 nitrogen and oxygen atoms in total. The van der Waals surface area contributed by atoms with Crippen molar-refractivity contribution in [2.45, 2.75) is 98.4 Å². The minimum absolute atomic E-state index is 0.0714. The number of carbonyl (C=O) groups is 3. The maximum atomic E-state index is 13.8. The Hall–Kier alpha value is -2.22. The molecule has 0 saturated carbocycles. The topological polar surface area (TPSA) is 87.7 Å². The predicted molar refractivity (Wildman–Crippen MR) is 140 cm³/mol. The number of amides is 3. The fraction of sp³-hybridized carbons (Fsp3) is 0.654. The predicted octanol–water partition coefficient (Wildman–Crippen LogP) is 4.71. The molecule has 1 rings (SSSR count). The molecule has 3 amide bonds. The molecule has 0 aliphatic carbocycles. The smallest absolute Gasteiger partial charge is 0.408 e. The van der Waals surface area contributed by atoms with E-state index in [1.54, 1.807) is 25.7 Å². The van der Waals surface area contributed by atoms with E-state index in [4.69, 9.17) is 4.74 Å². The average molecular weight is 494 g/mol. The molecule has 0 saturated heterocycles. The number of nitrogens with zero attached hydrogens (tertiary/aromatic N) is 1. The van der Waals surface area contributed by atoms with E-state index < -0.39 is 23.8 Å². The molecule has 0 spiro atoms. The summed E-state index contributed by atoms with van der Waals surface area (Å²) in [5.41, 5.74) is 1.99. The molecule has 0 aromatic heterocycles. The molecule has 1 aromatic carbocycles. The van der Waals surface area contributed by atoms with Crippen molar-refractivity contribution in [3.63, 3.8) is 0 Å². The van der Waals surface area contributed by atoms with Crippen LogP contribution in [0, 0.1) is 13.8 Å². The molecule has 0 aliphatic rings. The van der Waals surface area contributed by atoms with Gasteiger partial charge in [-0.3, -0.25) is 9.59 Å². The first-order valence-corrected chi connectivity index (χ1v) is 12.8. The summed E-state index contributed by atoms with van der Waals surface area (Å²) in [4.78, 5) is 41.4. The summed E-state index contributed by atoms with van der Waals surface area (Å²) in [7, 11) is 0. The van der Waals surface area contributed by atoms with E-state index in [1.807, 2.05) is 45.9 Å². The standard InChI is InChI=1S/C26H43N3O4S/c1-9-11-14-27-23(30)22(20-15-17(3)12-13-18(20)4)29(19(5)10-2)24(31)21(16-34)28-25(32)33-26(6,7)8/h12-13,15,19,21-22,34H,9-11,14,16H2,1-8H3,(H,27,30)(H,28,32). The molecular formula is C26H43N3O4S. The monoisotopic (exact) mass is 493 g/mol. The number of alkyl carbamates (subject to hydrolysis) is 1. The fourth-order valence-electron chi connectivity index (χ4n) is 3.57. The molecule has 0 bridgehead atoms. The lowest BCUT2D eigenvalue weighted by atomic mass is 9.94. The average Bonchev–Trinajstić information content (AvgIpc) is 2.75. The zero-order valence-electron chi connectivity index (χ0n) is 22.0. The van der Waals surface area contributed by atoms with Gasteiger partial charge in [0.25, 0.3) is 0 Å². The van der Waals surface area contributed by atoms with Crippen molar-refractivity contribution in [1.29, 1.82) is 0 Å². The van der Waals surface area contributed by atoms with Crippen molar-refractivity contribution in [1.82, 2.24) is 15.5 Å². The summed E-state index contributed by atoms with van der Waals surface area (Å²) in [6.45, 7) is 15.6. The number of rotatable bonds is 11. The number of hydrogen-bond donors (Lipinski definition) is 3. The molecule has 3 unspecified atom stereocenters. The molecule has 0 fully saturated rings. The normalized spacial score (nSPS) is 14.0. The SMILES string of the molecule is CCCCNC(=O)C(c1cc(C)ccc1C)N(C(=O)C(CS)NC(=O)OC(C)(C)C)C(C)CC. The number of benzene rings is 1. The third-order valence-electron chi connectivity index (χ3n) is 5.58. The van der Waals surface area contributed by atoms with Crippen LogP contribution in [0.5, 0.6) is 0 Å². The van der Waals surface area contributed by atoms with Gasteiger partial charge in [-0.15, -0.1) is 0 Å². The fourth-order valence-corrected chi connectivity index (χ4v) is 3.82. The zero-order chi connectivity index (χ0) is 26.1. The van der Waals surface area contributed by atoms with Crippen LogP contribution in [0.4, 0.5) is 4.79 Å². The maximum Gasteiger partial charge on any atom is 0.408 e. The highest BCUT2D eigenvalue weighted by Gasteiger charge is 2.38. The van der Waals surface area contributed by atoms with E-state index in [0.29, 0.717) is 13.0 Å². The van der Waals surface area contributed by atoms with Crippen molar-refractivity contribution in [2.24, 2.45) is 0 Å². The van der Waals surface area contributed by atoms with Crippen LogP contribution in [0.2, 0.25) is 0 Å². The molecule has 3 atom stereocenters. The first kappa shape index (κ1) is 29.8. The summed E-state index contributed by atoms with van der Waals surface area (Å²) in [5, 5.41) is 5.65. The number of unbranched alkanes of at least 4 members (excludes halogenated alkanes) is 1. The van der Waals surface area contributed by atoms with Crippen LogP contribution in [0.25, 0.3) is 0 Å². The second-order valence-electron chi connectivity index (χ2n) is 9.79. The van der Waals surface area contributed by atoms with E-state index in [0.717, 1.165) is 29.5 Å². The molecule has 0 heterocycles. The van der Waals surface area contributed by atoms with Crippen LogP contribution in [0.15, 0.2) is 18.2 Å². The highest BCUT2D eigenvalue weighted by molar-refractivity contribution is 7.80. The minimum Gasteiger partial charge on any atom is -0.444 e. The lowest BCUT2D eigenvalue weighted by Gasteiger charge is -2.38. The van der Waals surface area contributed by atoms with Crippen LogP contribution >= 0.6 is 12.6 Å². The van der Waals surface area contributed by atoms with Gasteiger partial charge in [0.15, 0.2) is 0 Å². The van der Waals surface area contributed by atoms with E-state index >= 15 is 0 Å². The molecule has 0 aliphatic heterocycles. The van der Waals surface area contributed by atoms with Gasteiger partial charge in [-0.2, -0.15) is 12.6 Å². The number of aryl methyl sites for hydroxylation is 2. The second-order valence-corrected chi connectivity index (χ2v) is 10.2. The van der Waals surface area contributed by atoms with Crippen molar-refractivity contribution in [2.75, 3.05) is 12.3 Å². The van der Waals surface area contributed by atoms with E-state index in [2.05, 4.69) is 30.2 Å². The van der Waals surface area contributed by atoms with Gasteiger partial charge < -0.3 is 20.3 Å². The second kappa shape index (κ2) is 13.6. The number of carbonyl (C=O) groups excluding carboxylic acids is 3. The minimum atomic E-state index is -0.941. The van der Waals surface area contributed by atoms with Crippen LogP contribution in [0.3, 0.4) is 0 Å². The van der Waals surface area contributed by atoms with E-state index in [1.165, 1.54) is 0 Å². The lowest BCUT2D eigenvalue weighted by molar-refractivity contribution is -0.144. The zero-order valence-corrected chi connectivity index (χ0v) is 22.9. The van der Waals surface area contributed by atoms with Gasteiger partial charge in [-0.25, -0.2) is 4.79 Å². The lowest BCUT2D eigenvalue weighted by Crippen LogP contribution is -2.56. The summed E-state index contributed by atoms with van der Waals surface area (Å²) in [6.07, 6.45) is 1.74. The Balaban J connectivity index is 3.46. The molecule has 0 radical (unpaired) electrons. The summed E-state index contributed by atoms with van der Waals surface area (Å²) in [5.74, 6) is -0.528. The van der Waals surface area contributed by atoms with E-state index in [9.17, 15) is 14.4 Å². The van der Waals surface area contributed by atoms with Crippen molar-refractivity contribution in [3.8, 4) is 0 Å². The van der Waals surface area contributed by atoms with Crippen LogP contribution in [0.1, 0.15) is 83.5 Å². The van der Waals surface area contributed by atoms with Gasteiger partial charge in [-0.05, 0) is 65.5 Å². The summed E-state index contributed by atoms with van der Waals surface area (Å²) >= 11 is 4.33. The van der Waals surface area contributed by atoms with Gasteiger partial charge in [0.2, 0.25) is 11.8 Å². The maximum absolute atomic E-state index is 13.8. The first-order chi connectivity index (χ1) is 15.9. The molecular weight excluding hydrogens is 450 g/mol. The number of hydrogen-bond acceptors (Lipinski definition) is 5. The Labute approximate surface area is 210 Å². The third kappa shape index (κ3) is 8.85. The first-order valence-electron chi connectivity index (χ1n) is 12.1. The van der Waals surface area contributed by atoms with Crippen molar-refractivity contribution in [3.05, 3.63) is 34.9 Å². The van der Waals surface area contributed by atoms with E-state index in [-0.39, 0.29) is 23.6 Å². The van der Waals surface area contributed by atoms with Gasteiger partial charge in [0, 0.05) is 18.3 Å².